The van der Waals surface area contributed by atoms with Crippen molar-refractivity contribution < 1.29 is 58.6 Å². The number of carbonyl (C=O) groups excluding carboxylic acids is 2. The van der Waals surface area contributed by atoms with Gasteiger partial charge in [0.15, 0.2) is 0 Å². The Hall–Kier alpha value is -3.51. The van der Waals surface area contributed by atoms with E-state index in [2.05, 4.69) is 0 Å². The predicted octanol–water partition coefficient (Wildman–Crippen LogP) is 7.19. The van der Waals surface area contributed by atoms with Gasteiger partial charge in [0.2, 0.25) is 0 Å². The van der Waals surface area contributed by atoms with Gasteiger partial charge >= 0.3 is 35.9 Å². The van der Waals surface area contributed by atoms with Crippen LogP contribution in [-0.2, 0) is 9.59 Å². The van der Waals surface area contributed by atoms with Crippen molar-refractivity contribution >= 4 is 18.0 Å². The van der Waals surface area contributed by atoms with Crippen LogP contribution in [0.15, 0.2) is 54.6 Å². The van der Waals surface area contributed by atoms with Gasteiger partial charge in [0.1, 0.15) is 11.5 Å². The predicted molar refractivity (Wildman–Crippen MR) is 113 cm³/mol. The second-order valence-corrected chi connectivity index (χ2v) is 7.85. The molecule has 2 aromatic rings. The molecule has 1 unspecified atom stereocenters. The highest BCUT2D eigenvalue weighted by atomic mass is 19.4. The van der Waals surface area contributed by atoms with Gasteiger partial charge in [-0.15, -0.1) is 0 Å². The van der Waals surface area contributed by atoms with Crippen molar-refractivity contribution in [2.45, 2.75) is 50.1 Å². The van der Waals surface area contributed by atoms with Crippen molar-refractivity contribution in [2.24, 2.45) is 0 Å². The van der Waals surface area contributed by atoms with Crippen molar-refractivity contribution in [2.75, 3.05) is 0 Å². The molecular weight excluding hydrogens is 523 g/mol. The molecule has 0 saturated heterocycles. The van der Waals surface area contributed by atoms with E-state index in [0.29, 0.717) is 0 Å². The third-order valence-electron chi connectivity index (χ3n) is 4.92. The minimum absolute atomic E-state index is 0.0549. The molecule has 0 aliphatic heterocycles. The lowest BCUT2D eigenvalue weighted by Gasteiger charge is -2.35. The minimum atomic E-state index is -7.01. The summed E-state index contributed by atoms with van der Waals surface area (Å²) in [4.78, 5) is 22.0. The lowest BCUT2D eigenvalue weighted by atomic mass is 9.88. The molecular formula is C24H19F9O4. The fraction of sp³-hybridized carbons (Fsp3) is 0.333. The molecule has 2 rings (SSSR count). The third-order valence-corrected chi connectivity index (χ3v) is 4.92. The van der Waals surface area contributed by atoms with E-state index in [4.69, 9.17) is 9.47 Å². The van der Waals surface area contributed by atoms with E-state index < -0.39 is 48.2 Å². The van der Waals surface area contributed by atoms with Crippen molar-refractivity contribution in [3.8, 4) is 11.5 Å². The van der Waals surface area contributed by atoms with Crippen molar-refractivity contribution in [1.29, 1.82) is 0 Å². The summed E-state index contributed by atoms with van der Waals surface area (Å²) < 4.78 is 131. The summed E-state index contributed by atoms with van der Waals surface area (Å²) in [5.41, 5.74) is 0.0996. The molecule has 37 heavy (non-hydrogen) atoms. The first-order chi connectivity index (χ1) is 16.9. The molecule has 0 heterocycles. The summed E-state index contributed by atoms with van der Waals surface area (Å²) in [7, 11) is 0. The zero-order valence-corrected chi connectivity index (χ0v) is 19.1. The fourth-order valence-electron chi connectivity index (χ4n) is 3.10. The molecule has 0 bridgehead atoms. The Morgan fingerprint density at radius 3 is 1.57 bits per heavy atom. The second kappa shape index (κ2) is 10.9. The molecule has 2 aromatic carbocycles. The van der Waals surface area contributed by atoms with Gasteiger partial charge < -0.3 is 9.47 Å². The Morgan fingerprint density at radius 1 is 0.730 bits per heavy atom. The second-order valence-electron chi connectivity index (χ2n) is 7.85. The van der Waals surface area contributed by atoms with Crippen LogP contribution in [0.4, 0.5) is 39.5 Å². The number of allylic oxidation sites excluding steroid dienone is 1. The summed E-state index contributed by atoms with van der Waals surface area (Å²) in [5.74, 6) is -22.7. The lowest BCUT2D eigenvalue weighted by molar-refractivity contribution is -0.396. The molecule has 0 aliphatic rings. The largest absolute Gasteiger partial charge is 0.460 e. The van der Waals surface area contributed by atoms with E-state index in [9.17, 15) is 49.1 Å². The van der Waals surface area contributed by atoms with Crippen LogP contribution < -0.4 is 9.47 Å². The highest BCUT2D eigenvalue weighted by molar-refractivity contribution is 5.69. The van der Waals surface area contributed by atoms with Crippen LogP contribution in [-0.4, -0.2) is 35.9 Å². The summed E-state index contributed by atoms with van der Waals surface area (Å²) >= 11 is 0. The maximum absolute atomic E-state index is 14.4. The minimum Gasteiger partial charge on any atom is -0.427 e. The topological polar surface area (TPSA) is 52.6 Å². The summed E-state index contributed by atoms with van der Waals surface area (Å²) in [6.07, 6.45) is -7.00. The van der Waals surface area contributed by atoms with Crippen LogP contribution in [0.2, 0.25) is 0 Å². The Balaban J connectivity index is 2.44. The SMILES string of the molecule is CC(=O)Oc1ccc(/C=C/C(CC(F)(F)C(F)(F)C(F)(F)C(F)(F)F)c2ccc(OC(C)=O)cc2)cc1. The first-order valence-corrected chi connectivity index (χ1v) is 10.3. The van der Waals surface area contributed by atoms with Gasteiger partial charge in [0.05, 0.1) is 0 Å². The molecule has 13 heteroatoms. The van der Waals surface area contributed by atoms with Gasteiger partial charge in [-0.1, -0.05) is 36.4 Å². The smallest absolute Gasteiger partial charge is 0.427 e. The monoisotopic (exact) mass is 542 g/mol. The molecule has 4 nitrogen and oxygen atoms in total. The van der Waals surface area contributed by atoms with Crippen molar-refractivity contribution in [3.63, 3.8) is 0 Å². The zero-order chi connectivity index (χ0) is 28.2. The van der Waals surface area contributed by atoms with Crippen LogP contribution in [0.5, 0.6) is 11.5 Å². The normalized spacial score (nSPS) is 13.9. The van der Waals surface area contributed by atoms with Crippen molar-refractivity contribution in [3.05, 3.63) is 65.7 Å². The number of esters is 2. The van der Waals surface area contributed by atoms with Gasteiger partial charge in [-0.25, -0.2) is 0 Å². The standard InChI is InChI=1S/C24H19F9O4/c1-14(34)36-19-9-4-16(5-10-19)3-6-18(17-7-11-20(12-8-17)37-15(2)35)13-21(25,26)22(27,28)23(29,30)24(31,32)33/h3-12,18H,13H2,1-2H3/b6-3+. The van der Waals surface area contributed by atoms with E-state index in [1.54, 1.807) is 0 Å². The quantitative estimate of drug-likeness (QED) is 0.191. The van der Waals surface area contributed by atoms with Gasteiger partial charge in [-0.05, 0) is 35.4 Å². The maximum atomic E-state index is 14.4. The molecule has 0 saturated carbocycles. The molecule has 0 fully saturated rings. The fourth-order valence-corrected chi connectivity index (χ4v) is 3.10. The van der Waals surface area contributed by atoms with E-state index in [1.165, 1.54) is 24.3 Å². The van der Waals surface area contributed by atoms with E-state index in [-0.39, 0.29) is 22.6 Å². The Bertz CT molecular complexity index is 1120. The van der Waals surface area contributed by atoms with Gasteiger partial charge in [0.25, 0.3) is 0 Å². The maximum Gasteiger partial charge on any atom is 0.460 e. The average molecular weight is 542 g/mol. The van der Waals surface area contributed by atoms with E-state index >= 15 is 0 Å². The molecule has 0 aromatic heterocycles. The molecule has 202 valence electrons. The Kier molecular flexibility index (Phi) is 8.72. The average Bonchev–Trinajstić information content (AvgIpc) is 2.76. The van der Waals surface area contributed by atoms with Crippen LogP contribution in [0.1, 0.15) is 37.3 Å². The number of hydrogen-bond acceptors (Lipinski definition) is 4. The van der Waals surface area contributed by atoms with Gasteiger partial charge in [0, 0.05) is 26.2 Å². The zero-order valence-electron chi connectivity index (χ0n) is 19.1. The number of alkyl halides is 9. The Morgan fingerprint density at radius 2 is 1.16 bits per heavy atom. The van der Waals surface area contributed by atoms with Crippen LogP contribution >= 0.6 is 0 Å². The molecule has 1 atom stereocenters. The molecule has 0 amide bonds. The number of ether oxygens (including phenoxy) is 2. The number of benzene rings is 2. The van der Waals surface area contributed by atoms with Gasteiger partial charge in [-0.2, -0.15) is 39.5 Å². The number of hydrogen-bond donors (Lipinski definition) is 0. The van der Waals surface area contributed by atoms with E-state index in [1.807, 2.05) is 0 Å². The third kappa shape index (κ3) is 7.04. The highest BCUT2D eigenvalue weighted by Gasteiger charge is 2.81. The van der Waals surface area contributed by atoms with Crippen LogP contribution in [0, 0.1) is 0 Å². The van der Waals surface area contributed by atoms with Gasteiger partial charge in [-0.3, -0.25) is 9.59 Å². The van der Waals surface area contributed by atoms with Crippen molar-refractivity contribution in [1.82, 2.24) is 0 Å². The Labute approximate surface area is 204 Å². The molecule has 0 N–H and O–H groups in total. The van der Waals surface area contributed by atoms with E-state index in [0.717, 1.165) is 50.3 Å². The van der Waals surface area contributed by atoms with Crippen LogP contribution in [0.25, 0.3) is 6.08 Å². The first kappa shape index (κ1) is 29.7. The van der Waals surface area contributed by atoms with Crippen LogP contribution in [0.3, 0.4) is 0 Å². The summed E-state index contributed by atoms with van der Waals surface area (Å²) in [6, 6.07) is 9.66. The number of carbonyl (C=O) groups is 2. The molecule has 0 spiro atoms. The first-order valence-electron chi connectivity index (χ1n) is 10.3. The summed E-state index contributed by atoms with van der Waals surface area (Å²) in [6.45, 7) is 2.21. The summed E-state index contributed by atoms with van der Waals surface area (Å²) in [5, 5.41) is 0. The lowest BCUT2D eigenvalue weighted by Crippen LogP contribution is -2.61. The highest BCUT2D eigenvalue weighted by Crippen LogP contribution is 2.55. The number of halogens is 9. The molecule has 0 radical (unpaired) electrons. The number of rotatable bonds is 9. The molecule has 0 aliphatic carbocycles.